The van der Waals surface area contributed by atoms with Gasteiger partial charge in [0, 0.05) is 5.71 Å². The van der Waals surface area contributed by atoms with E-state index in [1.165, 1.54) is 0 Å². The Hall–Kier alpha value is -1.84. The Kier molecular flexibility index (Phi) is 7.32. The minimum absolute atomic E-state index is 0.0156. The first-order chi connectivity index (χ1) is 9.26. The molecule has 1 amide bonds. The Labute approximate surface area is 114 Å². The van der Waals surface area contributed by atoms with Crippen molar-refractivity contribution in [1.29, 1.82) is 0 Å². The third-order valence-electron chi connectivity index (χ3n) is 2.68. The van der Waals surface area contributed by atoms with Crippen LogP contribution >= 0.6 is 0 Å². The van der Waals surface area contributed by atoms with Crippen LogP contribution in [0, 0.1) is 0 Å². The summed E-state index contributed by atoms with van der Waals surface area (Å²) in [5.74, 6) is 0.453. The summed E-state index contributed by atoms with van der Waals surface area (Å²) in [6, 6.07) is 9.26. The molecule has 1 rings (SSSR count). The first-order valence-electron chi connectivity index (χ1n) is 6.78. The van der Waals surface area contributed by atoms with Crippen molar-refractivity contribution >= 4 is 11.6 Å². The molecule has 0 unspecified atom stereocenters. The number of ether oxygens (including phenoxy) is 1. The van der Waals surface area contributed by atoms with E-state index in [-0.39, 0.29) is 12.5 Å². The van der Waals surface area contributed by atoms with Crippen molar-refractivity contribution in [1.82, 2.24) is 5.43 Å². The Morgan fingerprint density at radius 2 is 2.00 bits per heavy atom. The third kappa shape index (κ3) is 6.60. The first-order valence-corrected chi connectivity index (χ1v) is 6.78. The number of hydrazone groups is 1. The number of para-hydroxylation sites is 1. The summed E-state index contributed by atoms with van der Waals surface area (Å²) in [5.41, 5.74) is 3.56. The molecule has 0 aromatic heterocycles. The lowest BCUT2D eigenvalue weighted by Crippen LogP contribution is -2.25. The molecule has 0 fully saturated rings. The van der Waals surface area contributed by atoms with Gasteiger partial charge in [-0.25, -0.2) is 5.43 Å². The van der Waals surface area contributed by atoms with E-state index in [4.69, 9.17) is 4.74 Å². The van der Waals surface area contributed by atoms with E-state index in [0.29, 0.717) is 5.75 Å². The van der Waals surface area contributed by atoms with Gasteiger partial charge in [-0.3, -0.25) is 4.79 Å². The predicted octanol–water partition coefficient (Wildman–Crippen LogP) is 3.14. The minimum atomic E-state index is -0.230. The number of hydrogen-bond donors (Lipinski definition) is 1. The van der Waals surface area contributed by atoms with Gasteiger partial charge in [0.1, 0.15) is 5.75 Å². The molecule has 0 aliphatic rings. The Balaban J connectivity index is 2.32. The molecule has 1 aromatic rings. The average Bonchev–Trinajstić information content (AvgIpc) is 2.46. The summed E-state index contributed by atoms with van der Waals surface area (Å²) in [5, 5.41) is 4.13. The van der Waals surface area contributed by atoms with Gasteiger partial charge >= 0.3 is 0 Å². The van der Waals surface area contributed by atoms with Gasteiger partial charge < -0.3 is 4.74 Å². The topological polar surface area (TPSA) is 50.7 Å². The number of amides is 1. The molecule has 0 atom stereocenters. The second-order valence-electron chi connectivity index (χ2n) is 4.27. The lowest BCUT2D eigenvalue weighted by atomic mass is 10.1. The number of nitrogens with zero attached hydrogens (tertiary/aromatic N) is 1. The molecule has 1 aromatic carbocycles. The normalized spacial score (nSPS) is 11.2. The van der Waals surface area contributed by atoms with E-state index in [9.17, 15) is 4.79 Å². The van der Waals surface area contributed by atoms with Gasteiger partial charge in [-0.1, -0.05) is 38.5 Å². The van der Waals surface area contributed by atoms with E-state index in [1.54, 1.807) is 0 Å². The molecule has 0 saturated carbocycles. The summed E-state index contributed by atoms with van der Waals surface area (Å²) in [4.78, 5) is 11.6. The maximum absolute atomic E-state index is 11.6. The highest BCUT2D eigenvalue weighted by Gasteiger charge is 2.02. The summed E-state index contributed by atoms with van der Waals surface area (Å²) < 4.78 is 5.33. The molecular weight excluding hydrogens is 240 g/mol. The molecule has 0 heterocycles. The van der Waals surface area contributed by atoms with Crippen molar-refractivity contribution in [2.75, 3.05) is 6.61 Å². The largest absolute Gasteiger partial charge is 0.484 e. The summed E-state index contributed by atoms with van der Waals surface area (Å²) in [6.45, 7) is 4.17. The van der Waals surface area contributed by atoms with Gasteiger partial charge in [0.05, 0.1) is 0 Å². The van der Waals surface area contributed by atoms with Gasteiger partial charge in [0.25, 0.3) is 5.91 Å². The van der Waals surface area contributed by atoms with Gasteiger partial charge in [-0.15, -0.1) is 0 Å². The highest BCUT2D eigenvalue weighted by molar-refractivity contribution is 5.86. The van der Waals surface area contributed by atoms with Gasteiger partial charge in [-0.05, 0) is 31.4 Å². The monoisotopic (exact) mass is 262 g/mol. The van der Waals surface area contributed by atoms with Crippen molar-refractivity contribution in [3.05, 3.63) is 30.3 Å². The van der Waals surface area contributed by atoms with E-state index in [2.05, 4.69) is 17.5 Å². The molecule has 4 heteroatoms. The van der Waals surface area contributed by atoms with E-state index in [1.807, 2.05) is 37.3 Å². The molecule has 104 valence electrons. The van der Waals surface area contributed by atoms with Gasteiger partial charge in [0.15, 0.2) is 6.61 Å². The van der Waals surface area contributed by atoms with Gasteiger partial charge in [-0.2, -0.15) is 5.10 Å². The van der Waals surface area contributed by atoms with Crippen LogP contribution in [0.25, 0.3) is 0 Å². The number of nitrogens with one attached hydrogen (secondary N) is 1. The molecule has 0 bridgehead atoms. The molecule has 0 saturated heterocycles. The number of rotatable bonds is 8. The third-order valence-corrected chi connectivity index (χ3v) is 2.68. The molecule has 1 N–H and O–H groups in total. The summed E-state index contributed by atoms with van der Waals surface area (Å²) in [7, 11) is 0. The van der Waals surface area contributed by atoms with Crippen molar-refractivity contribution in [2.45, 2.75) is 39.5 Å². The second-order valence-corrected chi connectivity index (χ2v) is 4.27. The zero-order valence-corrected chi connectivity index (χ0v) is 11.7. The quantitative estimate of drug-likeness (QED) is 0.578. The van der Waals surface area contributed by atoms with Crippen LogP contribution in [-0.2, 0) is 4.79 Å². The highest BCUT2D eigenvalue weighted by atomic mass is 16.5. The lowest BCUT2D eigenvalue weighted by molar-refractivity contribution is -0.123. The van der Waals surface area contributed by atoms with Crippen LogP contribution in [0.15, 0.2) is 35.4 Å². The fraction of sp³-hybridized carbons (Fsp3) is 0.467. The van der Waals surface area contributed by atoms with E-state index in [0.717, 1.165) is 31.4 Å². The molecule has 0 spiro atoms. The molecule has 0 aliphatic carbocycles. The zero-order valence-electron chi connectivity index (χ0n) is 11.7. The van der Waals surface area contributed by atoms with Crippen molar-refractivity contribution in [3.63, 3.8) is 0 Å². The van der Waals surface area contributed by atoms with Crippen molar-refractivity contribution in [3.8, 4) is 5.75 Å². The maximum atomic E-state index is 11.6. The van der Waals surface area contributed by atoms with Crippen LogP contribution in [0.3, 0.4) is 0 Å². The van der Waals surface area contributed by atoms with Crippen LogP contribution in [0.2, 0.25) is 0 Å². The van der Waals surface area contributed by atoms with Crippen LogP contribution in [0.5, 0.6) is 5.75 Å². The number of carbonyl (C=O) groups excluding carboxylic acids is 1. The lowest BCUT2D eigenvalue weighted by Gasteiger charge is -2.06. The second kappa shape index (κ2) is 9.14. The summed E-state index contributed by atoms with van der Waals surface area (Å²) in [6.07, 6.45) is 4.03. The summed E-state index contributed by atoms with van der Waals surface area (Å²) >= 11 is 0. The van der Waals surface area contributed by atoms with Crippen LogP contribution < -0.4 is 10.2 Å². The van der Waals surface area contributed by atoms with Crippen LogP contribution in [0.4, 0.5) is 0 Å². The zero-order chi connectivity index (χ0) is 13.9. The van der Waals surface area contributed by atoms with E-state index >= 15 is 0 Å². The standard InChI is InChI=1S/C15H22N2O2/c1-3-5-9-13(4-2)16-17-15(18)12-19-14-10-7-6-8-11-14/h6-8,10-11H,3-5,9,12H2,1-2H3,(H,17,18)/b16-13+. The first kappa shape index (κ1) is 15.2. The molecule has 4 nitrogen and oxygen atoms in total. The number of unbranched alkanes of at least 4 members (excludes halogenated alkanes) is 1. The molecule has 0 aliphatic heterocycles. The Morgan fingerprint density at radius 3 is 2.63 bits per heavy atom. The Morgan fingerprint density at radius 1 is 1.26 bits per heavy atom. The molecule has 19 heavy (non-hydrogen) atoms. The molecular formula is C15H22N2O2. The average molecular weight is 262 g/mol. The number of hydrogen-bond acceptors (Lipinski definition) is 3. The fourth-order valence-corrected chi connectivity index (χ4v) is 1.53. The van der Waals surface area contributed by atoms with Gasteiger partial charge in [0.2, 0.25) is 0 Å². The SMILES string of the molecule is CCCC/C(CC)=N/NC(=O)COc1ccccc1. The van der Waals surface area contributed by atoms with Crippen LogP contribution in [0.1, 0.15) is 39.5 Å². The minimum Gasteiger partial charge on any atom is -0.484 e. The maximum Gasteiger partial charge on any atom is 0.277 e. The number of benzene rings is 1. The van der Waals surface area contributed by atoms with Crippen molar-refractivity contribution in [2.24, 2.45) is 5.10 Å². The smallest absolute Gasteiger partial charge is 0.277 e. The van der Waals surface area contributed by atoms with Crippen LogP contribution in [-0.4, -0.2) is 18.2 Å². The van der Waals surface area contributed by atoms with E-state index < -0.39 is 0 Å². The Bertz CT molecular complexity index is 402. The molecule has 0 radical (unpaired) electrons. The highest BCUT2D eigenvalue weighted by Crippen LogP contribution is 2.07. The van der Waals surface area contributed by atoms with Crippen molar-refractivity contribution < 1.29 is 9.53 Å². The predicted molar refractivity (Wildman–Crippen MR) is 77.3 cm³/mol. The fourth-order valence-electron chi connectivity index (χ4n) is 1.53. The number of carbonyl (C=O) groups is 1.